The summed E-state index contributed by atoms with van der Waals surface area (Å²) in [5.74, 6) is 1.83. The minimum Gasteiger partial charge on any atom is -0.308 e. The van der Waals surface area contributed by atoms with Crippen LogP contribution in [0, 0.1) is 0 Å². The first-order valence-electron chi connectivity index (χ1n) is 19.3. The molecule has 256 valence electrons. The molecule has 0 bridgehead atoms. The van der Waals surface area contributed by atoms with E-state index in [0.29, 0.717) is 0 Å². The number of fused-ring (bicyclic) bond motifs is 16. The molecule has 1 atom stereocenters. The minimum atomic E-state index is 0.0333. The Morgan fingerprint density at radius 3 is 2.05 bits per heavy atom. The Hall–Kier alpha value is -7.04. The standard InChI is InChI=1S/C51H32N4/c1-3-15-32-30(13-1)25-27-37(35-18-6-5-17-34(32)35)50-52-42-22-10-7-20-38(42)51(53-50)55-45-29-41-36-19-8-11-23-43(36)54-44-24-12-9-21-39(44)47(49(41)54)46(45)40-28-26-31-14-2-4-16-33(31)48(40)55/h1-24,26,28-29,37H,25,27H2. The van der Waals surface area contributed by atoms with Gasteiger partial charge in [0.15, 0.2) is 0 Å². The quantitative estimate of drug-likeness (QED) is 0.180. The first-order chi connectivity index (χ1) is 27.3. The number of benzene rings is 8. The lowest BCUT2D eigenvalue weighted by atomic mass is 9.90. The summed E-state index contributed by atoms with van der Waals surface area (Å²) in [6.07, 6.45) is 1.90. The van der Waals surface area contributed by atoms with Crippen molar-refractivity contribution in [1.29, 1.82) is 0 Å². The third kappa shape index (κ3) is 3.85. The molecule has 0 N–H and O–H groups in total. The first kappa shape index (κ1) is 29.4. The SMILES string of the molecule is c1ccc2c(c1)CCC(c1nc(-n3c4cc5c6ccccc6n6c7ccccc7c(c4c4ccc7ccccc7c43)c56)c3ccccc3n1)c1ccccc1-2. The molecule has 0 saturated carbocycles. The van der Waals surface area contributed by atoms with Crippen molar-refractivity contribution in [3.05, 3.63) is 181 Å². The molecule has 4 aromatic heterocycles. The largest absolute Gasteiger partial charge is 0.308 e. The zero-order valence-electron chi connectivity index (χ0n) is 29.9. The summed E-state index contributed by atoms with van der Waals surface area (Å²) >= 11 is 0. The van der Waals surface area contributed by atoms with E-state index in [1.54, 1.807) is 0 Å². The number of nitrogens with zero attached hydrogens (tertiary/aromatic N) is 4. The molecular formula is C51H32N4. The third-order valence-corrected chi connectivity index (χ3v) is 12.5. The molecule has 13 rings (SSSR count). The number of hydrogen-bond acceptors (Lipinski definition) is 2. The normalized spacial score (nSPS) is 14.6. The van der Waals surface area contributed by atoms with Gasteiger partial charge in [-0.2, -0.15) is 0 Å². The highest BCUT2D eigenvalue weighted by Crippen LogP contribution is 2.48. The highest BCUT2D eigenvalue weighted by atomic mass is 15.1. The van der Waals surface area contributed by atoms with Crippen LogP contribution in [-0.2, 0) is 6.42 Å². The summed E-state index contributed by atoms with van der Waals surface area (Å²) in [6.45, 7) is 0. The Labute approximate surface area is 315 Å². The monoisotopic (exact) mass is 700 g/mol. The number of aromatic nitrogens is 4. The molecule has 1 aliphatic carbocycles. The van der Waals surface area contributed by atoms with E-state index in [1.165, 1.54) is 87.4 Å². The van der Waals surface area contributed by atoms with Crippen LogP contribution in [0.3, 0.4) is 0 Å². The zero-order chi connectivity index (χ0) is 35.8. The van der Waals surface area contributed by atoms with Crippen molar-refractivity contribution in [2.24, 2.45) is 0 Å². The molecule has 0 radical (unpaired) electrons. The third-order valence-electron chi connectivity index (χ3n) is 12.5. The number of aryl methyl sites for hydroxylation is 1. The van der Waals surface area contributed by atoms with Gasteiger partial charge in [0.05, 0.1) is 33.1 Å². The maximum Gasteiger partial charge on any atom is 0.149 e. The Kier molecular flexibility index (Phi) is 5.76. The number of rotatable bonds is 2. The van der Waals surface area contributed by atoms with E-state index in [2.05, 4.69) is 173 Å². The van der Waals surface area contributed by atoms with Gasteiger partial charge in [-0.25, -0.2) is 9.97 Å². The predicted molar refractivity (Wildman–Crippen MR) is 228 cm³/mol. The number of hydrogen-bond donors (Lipinski definition) is 0. The van der Waals surface area contributed by atoms with Gasteiger partial charge in [0.25, 0.3) is 0 Å². The summed E-state index contributed by atoms with van der Waals surface area (Å²) < 4.78 is 4.97. The highest BCUT2D eigenvalue weighted by molar-refractivity contribution is 6.37. The van der Waals surface area contributed by atoms with E-state index >= 15 is 0 Å². The maximum absolute atomic E-state index is 5.77. The molecule has 55 heavy (non-hydrogen) atoms. The van der Waals surface area contributed by atoms with Crippen molar-refractivity contribution >= 4 is 81.6 Å². The molecule has 0 aliphatic heterocycles. The number of para-hydroxylation sites is 3. The van der Waals surface area contributed by atoms with Gasteiger partial charge in [0.1, 0.15) is 11.6 Å². The van der Waals surface area contributed by atoms with E-state index in [0.717, 1.165) is 40.9 Å². The second-order valence-corrected chi connectivity index (χ2v) is 15.2. The van der Waals surface area contributed by atoms with Crippen molar-refractivity contribution in [2.75, 3.05) is 0 Å². The molecule has 4 heteroatoms. The predicted octanol–water partition coefficient (Wildman–Crippen LogP) is 12.8. The topological polar surface area (TPSA) is 35.1 Å². The molecule has 12 aromatic rings. The zero-order valence-corrected chi connectivity index (χ0v) is 29.9. The lowest BCUT2D eigenvalue weighted by molar-refractivity contribution is 0.681. The van der Waals surface area contributed by atoms with Crippen molar-refractivity contribution in [2.45, 2.75) is 18.8 Å². The lowest BCUT2D eigenvalue weighted by Gasteiger charge is -2.19. The molecular weight excluding hydrogens is 669 g/mol. The molecule has 0 spiro atoms. The lowest BCUT2D eigenvalue weighted by Crippen LogP contribution is -2.11. The molecule has 0 amide bonds. The van der Waals surface area contributed by atoms with Gasteiger partial charge < -0.3 is 4.40 Å². The fourth-order valence-electron chi connectivity index (χ4n) is 10.2. The van der Waals surface area contributed by atoms with Crippen molar-refractivity contribution < 1.29 is 0 Å². The van der Waals surface area contributed by atoms with Crippen LogP contribution in [0.5, 0.6) is 0 Å². The van der Waals surface area contributed by atoms with Gasteiger partial charge in [-0.05, 0) is 70.8 Å². The average Bonchev–Trinajstić information content (AvgIpc) is 3.84. The van der Waals surface area contributed by atoms with Gasteiger partial charge in [-0.1, -0.05) is 133 Å². The summed E-state index contributed by atoms with van der Waals surface area (Å²) in [5.41, 5.74) is 12.3. The van der Waals surface area contributed by atoms with E-state index < -0.39 is 0 Å². The van der Waals surface area contributed by atoms with Crippen LogP contribution in [0.1, 0.15) is 29.3 Å². The average molecular weight is 701 g/mol. The molecule has 4 heterocycles. The fourth-order valence-corrected chi connectivity index (χ4v) is 10.2. The van der Waals surface area contributed by atoms with Gasteiger partial charge in [-0.3, -0.25) is 4.57 Å². The smallest absolute Gasteiger partial charge is 0.149 e. The van der Waals surface area contributed by atoms with Gasteiger partial charge >= 0.3 is 0 Å². The summed E-state index contributed by atoms with van der Waals surface area (Å²) in [5, 5.41) is 11.1. The van der Waals surface area contributed by atoms with Crippen LogP contribution in [-0.4, -0.2) is 18.9 Å². The van der Waals surface area contributed by atoms with Gasteiger partial charge in [-0.15, -0.1) is 0 Å². The van der Waals surface area contributed by atoms with Crippen LogP contribution in [0.25, 0.3) is 98.5 Å². The summed E-state index contributed by atoms with van der Waals surface area (Å²) in [6, 6.07) is 60.0. The highest BCUT2D eigenvalue weighted by Gasteiger charge is 2.29. The van der Waals surface area contributed by atoms with Crippen molar-refractivity contribution in [3.63, 3.8) is 0 Å². The van der Waals surface area contributed by atoms with Crippen LogP contribution in [0.2, 0.25) is 0 Å². The van der Waals surface area contributed by atoms with E-state index in [4.69, 9.17) is 9.97 Å². The molecule has 1 aliphatic rings. The Balaban J connectivity index is 1.21. The van der Waals surface area contributed by atoms with Crippen LogP contribution >= 0.6 is 0 Å². The van der Waals surface area contributed by atoms with Crippen LogP contribution in [0.4, 0.5) is 0 Å². The Morgan fingerprint density at radius 1 is 0.473 bits per heavy atom. The summed E-state index contributed by atoms with van der Waals surface area (Å²) in [4.78, 5) is 11.2. The molecule has 8 aromatic carbocycles. The van der Waals surface area contributed by atoms with E-state index in [9.17, 15) is 0 Å². The van der Waals surface area contributed by atoms with E-state index in [1.807, 2.05) is 0 Å². The first-order valence-corrected chi connectivity index (χ1v) is 19.3. The van der Waals surface area contributed by atoms with Crippen LogP contribution < -0.4 is 0 Å². The molecule has 4 nitrogen and oxygen atoms in total. The minimum absolute atomic E-state index is 0.0333. The van der Waals surface area contributed by atoms with Crippen LogP contribution in [0.15, 0.2) is 164 Å². The van der Waals surface area contributed by atoms with Crippen molar-refractivity contribution in [1.82, 2.24) is 18.9 Å². The Bertz CT molecular complexity index is 3570. The maximum atomic E-state index is 5.77. The molecule has 0 saturated heterocycles. The summed E-state index contributed by atoms with van der Waals surface area (Å²) in [7, 11) is 0. The van der Waals surface area contributed by atoms with Gasteiger partial charge in [0, 0.05) is 49.0 Å². The Morgan fingerprint density at radius 2 is 1.16 bits per heavy atom. The second kappa shape index (κ2) is 10.8. The molecule has 1 unspecified atom stereocenters. The fraction of sp³-hybridized carbons (Fsp3) is 0.0588. The van der Waals surface area contributed by atoms with Gasteiger partial charge in [0.2, 0.25) is 0 Å². The second-order valence-electron chi connectivity index (χ2n) is 15.2. The van der Waals surface area contributed by atoms with E-state index in [-0.39, 0.29) is 5.92 Å². The molecule has 0 fully saturated rings. The van der Waals surface area contributed by atoms with Crippen molar-refractivity contribution in [3.8, 4) is 16.9 Å².